The number of hydrogen-bond acceptors (Lipinski definition) is 3. The van der Waals surface area contributed by atoms with Gasteiger partial charge in [-0.15, -0.1) is 0 Å². The molecule has 1 aromatic carbocycles. The first-order valence-corrected chi connectivity index (χ1v) is 6.67. The molecule has 0 atom stereocenters. The van der Waals surface area contributed by atoms with Gasteiger partial charge in [-0.05, 0) is 43.9 Å². The molecule has 106 valence electrons. The molecule has 0 aromatic heterocycles. The molecule has 0 aliphatic rings. The van der Waals surface area contributed by atoms with Crippen LogP contribution in [-0.4, -0.2) is 24.3 Å². The molecule has 0 radical (unpaired) electrons. The maximum atomic E-state index is 10.9. The molecular formula is C15H22O4. The van der Waals surface area contributed by atoms with Crippen LogP contribution in [0.1, 0.15) is 44.0 Å². The topological polar surface area (TPSA) is 55.8 Å². The van der Waals surface area contributed by atoms with Crippen LogP contribution in [-0.2, 0) is 0 Å². The Labute approximate surface area is 114 Å². The summed E-state index contributed by atoms with van der Waals surface area (Å²) in [7, 11) is 0. The summed E-state index contributed by atoms with van der Waals surface area (Å²) in [4.78, 5) is 10.9. The highest BCUT2D eigenvalue weighted by Gasteiger charge is 2.10. The minimum absolute atomic E-state index is 0.206. The van der Waals surface area contributed by atoms with Gasteiger partial charge in [0.1, 0.15) is 0 Å². The van der Waals surface area contributed by atoms with Crippen molar-refractivity contribution in [3.05, 3.63) is 23.8 Å². The molecule has 0 saturated heterocycles. The number of ether oxygens (including phenoxy) is 2. The number of carboxylic acid groups (broad SMARTS) is 1. The van der Waals surface area contributed by atoms with Gasteiger partial charge in [0.05, 0.1) is 18.8 Å². The van der Waals surface area contributed by atoms with E-state index in [1.807, 2.05) is 6.92 Å². The third-order valence-corrected chi connectivity index (χ3v) is 2.67. The second-order valence-corrected chi connectivity index (χ2v) is 4.78. The lowest BCUT2D eigenvalue weighted by Gasteiger charge is -2.13. The summed E-state index contributed by atoms with van der Waals surface area (Å²) >= 11 is 0. The van der Waals surface area contributed by atoms with Crippen molar-refractivity contribution in [1.29, 1.82) is 0 Å². The van der Waals surface area contributed by atoms with Gasteiger partial charge >= 0.3 is 5.97 Å². The van der Waals surface area contributed by atoms with Gasteiger partial charge in [-0.3, -0.25) is 0 Å². The molecule has 0 amide bonds. The lowest BCUT2D eigenvalue weighted by Crippen LogP contribution is -2.04. The Kier molecular flexibility index (Phi) is 6.19. The Hall–Kier alpha value is -1.71. The summed E-state index contributed by atoms with van der Waals surface area (Å²) < 4.78 is 11.1. The van der Waals surface area contributed by atoms with E-state index in [0.29, 0.717) is 30.6 Å². The van der Waals surface area contributed by atoms with Gasteiger partial charge in [0.2, 0.25) is 0 Å². The lowest BCUT2D eigenvalue weighted by atomic mass is 10.1. The van der Waals surface area contributed by atoms with Crippen LogP contribution >= 0.6 is 0 Å². The van der Waals surface area contributed by atoms with Gasteiger partial charge in [-0.1, -0.05) is 13.8 Å². The third-order valence-electron chi connectivity index (χ3n) is 2.67. The van der Waals surface area contributed by atoms with Crippen molar-refractivity contribution in [1.82, 2.24) is 0 Å². The third kappa shape index (κ3) is 5.20. The Morgan fingerprint density at radius 3 is 2.58 bits per heavy atom. The molecule has 0 aliphatic carbocycles. The van der Waals surface area contributed by atoms with Crippen LogP contribution in [0.3, 0.4) is 0 Å². The predicted molar refractivity (Wildman–Crippen MR) is 74.1 cm³/mol. The SMILES string of the molecule is CCOc1cc(C(=O)O)ccc1OCCCC(C)C. The minimum atomic E-state index is -0.965. The van der Waals surface area contributed by atoms with Crippen LogP contribution in [0.5, 0.6) is 11.5 Å². The van der Waals surface area contributed by atoms with E-state index in [1.165, 1.54) is 12.1 Å². The van der Waals surface area contributed by atoms with Crippen LogP contribution in [0.15, 0.2) is 18.2 Å². The first-order chi connectivity index (χ1) is 9.04. The molecule has 1 N–H and O–H groups in total. The molecule has 0 unspecified atom stereocenters. The largest absolute Gasteiger partial charge is 0.490 e. The van der Waals surface area contributed by atoms with E-state index in [1.54, 1.807) is 6.07 Å². The lowest BCUT2D eigenvalue weighted by molar-refractivity contribution is 0.0696. The van der Waals surface area contributed by atoms with Gasteiger partial charge in [-0.25, -0.2) is 4.79 Å². The van der Waals surface area contributed by atoms with Crippen molar-refractivity contribution in [2.45, 2.75) is 33.6 Å². The normalized spacial score (nSPS) is 10.5. The quantitative estimate of drug-likeness (QED) is 0.730. The molecule has 0 fully saturated rings. The van der Waals surface area contributed by atoms with E-state index in [-0.39, 0.29) is 5.56 Å². The first-order valence-electron chi connectivity index (χ1n) is 6.67. The summed E-state index contributed by atoms with van der Waals surface area (Å²) in [6, 6.07) is 4.69. The van der Waals surface area contributed by atoms with E-state index in [9.17, 15) is 4.79 Å². The number of aromatic carboxylic acids is 1. The van der Waals surface area contributed by atoms with E-state index < -0.39 is 5.97 Å². The van der Waals surface area contributed by atoms with Gasteiger partial charge < -0.3 is 14.6 Å². The van der Waals surface area contributed by atoms with Crippen molar-refractivity contribution >= 4 is 5.97 Å². The predicted octanol–water partition coefficient (Wildman–Crippen LogP) is 3.60. The highest BCUT2D eigenvalue weighted by molar-refractivity contribution is 5.88. The zero-order chi connectivity index (χ0) is 14.3. The second kappa shape index (κ2) is 7.67. The number of hydrogen-bond donors (Lipinski definition) is 1. The molecule has 19 heavy (non-hydrogen) atoms. The fourth-order valence-corrected chi connectivity index (χ4v) is 1.70. The summed E-state index contributed by atoms with van der Waals surface area (Å²) in [5, 5.41) is 8.95. The summed E-state index contributed by atoms with van der Waals surface area (Å²) in [5.74, 6) is 0.791. The summed E-state index contributed by atoms with van der Waals surface area (Å²) in [6.07, 6.45) is 2.08. The molecule has 1 rings (SSSR count). The van der Waals surface area contributed by atoms with Crippen LogP contribution < -0.4 is 9.47 Å². The molecule has 4 heteroatoms. The smallest absolute Gasteiger partial charge is 0.335 e. The van der Waals surface area contributed by atoms with Crippen molar-refractivity contribution in [2.75, 3.05) is 13.2 Å². The molecule has 0 saturated carbocycles. The van der Waals surface area contributed by atoms with Crippen molar-refractivity contribution < 1.29 is 19.4 Å². The van der Waals surface area contributed by atoms with Crippen LogP contribution in [0.2, 0.25) is 0 Å². The molecule has 0 aliphatic heterocycles. The minimum Gasteiger partial charge on any atom is -0.490 e. The van der Waals surface area contributed by atoms with Crippen LogP contribution in [0.4, 0.5) is 0 Å². The molecule has 0 spiro atoms. The van der Waals surface area contributed by atoms with Crippen molar-refractivity contribution in [3.63, 3.8) is 0 Å². The van der Waals surface area contributed by atoms with Gasteiger partial charge in [-0.2, -0.15) is 0 Å². The molecule has 0 bridgehead atoms. The van der Waals surface area contributed by atoms with E-state index in [2.05, 4.69) is 13.8 Å². The average molecular weight is 266 g/mol. The van der Waals surface area contributed by atoms with Crippen LogP contribution in [0.25, 0.3) is 0 Å². The molecular weight excluding hydrogens is 244 g/mol. The highest BCUT2D eigenvalue weighted by Crippen LogP contribution is 2.28. The Bertz CT molecular complexity index is 413. The molecule has 1 aromatic rings. The van der Waals surface area contributed by atoms with Crippen molar-refractivity contribution in [3.8, 4) is 11.5 Å². The fourth-order valence-electron chi connectivity index (χ4n) is 1.70. The zero-order valence-corrected chi connectivity index (χ0v) is 11.8. The number of carboxylic acids is 1. The Morgan fingerprint density at radius 1 is 1.26 bits per heavy atom. The van der Waals surface area contributed by atoms with Gasteiger partial charge in [0, 0.05) is 0 Å². The standard InChI is InChI=1S/C15H22O4/c1-4-18-14-10-12(15(16)17)7-8-13(14)19-9-5-6-11(2)3/h7-8,10-11H,4-6,9H2,1-3H3,(H,16,17). The number of rotatable bonds is 8. The zero-order valence-electron chi connectivity index (χ0n) is 11.8. The van der Waals surface area contributed by atoms with E-state index in [4.69, 9.17) is 14.6 Å². The van der Waals surface area contributed by atoms with Crippen molar-refractivity contribution in [2.24, 2.45) is 5.92 Å². The average Bonchev–Trinajstić information content (AvgIpc) is 2.35. The van der Waals surface area contributed by atoms with Gasteiger partial charge in [0.25, 0.3) is 0 Å². The number of benzene rings is 1. The summed E-state index contributed by atoms with van der Waals surface area (Å²) in [5.41, 5.74) is 0.206. The Balaban J connectivity index is 2.68. The van der Waals surface area contributed by atoms with E-state index in [0.717, 1.165) is 12.8 Å². The van der Waals surface area contributed by atoms with Crippen LogP contribution in [0, 0.1) is 5.92 Å². The van der Waals surface area contributed by atoms with Gasteiger partial charge in [0.15, 0.2) is 11.5 Å². The highest BCUT2D eigenvalue weighted by atomic mass is 16.5. The monoisotopic (exact) mass is 266 g/mol. The van der Waals surface area contributed by atoms with E-state index >= 15 is 0 Å². The maximum absolute atomic E-state index is 10.9. The molecule has 0 heterocycles. The fraction of sp³-hybridized carbons (Fsp3) is 0.533. The second-order valence-electron chi connectivity index (χ2n) is 4.78. The maximum Gasteiger partial charge on any atom is 0.335 e. The summed E-state index contributed by atoms with van der Waals surface area (Å²) in [6.45, 7) is 7.30. The number of carbonyl (C=O) groups is 1. The molecule has 4 nitrogen and oxygen atoms in total. The Morgan fingerprint density at radius 2 is 2.00 bits per heavy atom. The first kappa shape index (κ1) is 15.3.